The van der Waals surface area contributed by atoms with Crippen LogP contribution < -0.4 is 16.0 Å². The van der Waals surface area contributed by atoms with E-state index in [0.717, 1.165) is 19.5 Å². The van der Waals surface area contributed by atoms with E-state index in [1.165, 1.54) is 12.5 Å². The second-order valence-corrected chi connectivity index (χ2v) is 5.45. The summed E-state index contributed by atoms with van der Waals surface area (Å²) in [5, 5.41) is 20.0. The molecule has 0 radical (unpaired) electrons. The van der Waals surface area contributed by atoms with Crippen molar-refractivity contribution in [3.8, 4) is 0 Å². The van der Waals surface area contributed by atoms with Crippen LogP contribution in [0, 0.1) is 16.0 Å². The highest BCUT2D eigenvalue weighted by Crippen LogP contribution is 2.22. The van der Waals surface area contributed by atoms with Gasteiger partial charge in [0.2, 0.25) is 5.91 Å². The molecule has 120 valence electrons. The van der Waals surface area contributed by atoms with Crippen molar-refractivity contribution in [3.05, 3.63) is 34.4 Å². The van der Waals surface area contributed by atoms with Crippen LogP contribution in [0.1, 0.15) is 19.3 Å². The first kappa shape index (κ1) is 16.2. The van der Waals surface area contributed by atoms with Gasteiger partial charge in [0.05, 0.1) is 4.92 Å². The molecule has 1 aliphatic heterocycles. The van der Waals surface area contributed by atoms with Gasteiger partial charge in [0, 0.05) is 25.6 Å². The Morgan fingerprint density at radius 1 is 1.36 bits per heavy atom. The largest absolute Gasteiger partial charge is 0.379 e. The first-order chi connectivity index (χ1) is 10.7. The van der Waals surface area contributed by atoms with Crippen LogP contribution in [0.4, 0.5) is 11.4 Å². The summed E-state index contributed by atoms with van der Waals surface area (Å²) in [6.07, 6.45) is 2.47. The third kappa shape index (κ3) is 5.00. The summed E-state index contributed by atoms with van der Waals surface area (Å²) in [5.41, 5.74) is 0.467. The summed E-state index contributed by atoms with van der Waals surface area (Å²) in [4.78, 5) is 22.2. The third-order valence-electron chi connectivity index (χ3n) is 3.81. The van der Waals surface area contributed by atoms with Crippen LogP contribution in [0.15, 0.2) is 24.3 Å². The zero-order valence-corrected chi connectivity index (χ0v) is 12.5. The predicted octanol–water partition coefficient (Wildman–Crippen LogP) is 1.51. The highest BCUT2D eigenvalue weighted by molar-refractivity contribution is 5.76. The molecule has 0 aromatic heterocycles. The van der Waals surface area contributed by atoms with Gasteiger partial charge in [0.1, 0.15) is 5.69 Å². The van der Waals surface area contributed by atoms with Gasteiger partial charge in [0.15, 0.2) is 0 Å². The zero-order chi connectivity index (χ0) is 15.8. The molecule has 2 rings (SSSR count). The lowest BCUT2D eigenvalue weighted by Crippen LogP contribution is -2.28. The van der Waals surface area contributed by atoms with Gasteiger partial charge in [-0.3, -0.25) is 14.9 Å². The van der Waals surface area contributed by atoms with E-state index in [1.54, 1.807) is 18.2 Å². The van der Waals surface area contributed by atoms with Crippen LogP contribution >= 0.6 is 0 Å². The second-order valence-electron chi connectivity index (χ2n) is 5.45. The number of nitrogens with zero attached hydrogens (tertiary/aromatic N) is 1. The zero-order valence-electron chi connectivity index (χ0n) is 12.5. The van der Waals surface area contributed by atoms with Crippen LogP contribution in [0.5, 0.6) is 0 Å². The number of hydrogen-bond acceptors (Lipinski definition) is 5. The van der Waals surface area contributed by atoms with Crippen molar-refractivity contribution in [3.63, 3.8) is 0 Å². The maximum atomic E-state index is 11.7. The van der Waals surface area contributed by atoms with E-state index in [-0.39, 0.29) is 11.6 Å². The molecule has 7 heteroatoms. The van der Waals surface area contributed by atoms with E-state index < -0.39 is 4.92 Å². The predicted molar refractivity (Wildman–Crippen MR) is 84.8 cm³/mol. The number of rotatable bonds is 8. The fourth-order valence-corrected chi connectivity index (χ4v) is 2.56. The van der Waals surface area contributed by atoms with Gasteiger partial charge in [-0.1, -0.05) is 12.1 Å². The summed E-state index contributed by atoms with van der Waals surface area (Å²) in [6.45, 7) is 3.17. The lowest BCUT2D eigenvalue weighted by atomic mass is 10.1. The van der Waals surface area contributed by atoms with Crippen LogP contribution in [-0.2, 0) is 4.79 Å². The van der Waals surface area contributed by atoms with Gasteiger partial charge in [-0.05, 0) is 37.9 Å². The van der Waals surface area contributed by atoms with Gasteiger partial charge in [-0.25, -0.2) is 0 Å². The number of nitro groups is 1. The maximum absolute atomic E-state index is 11.7. The fraction of sp³-hybridized carbons (Fsp3) is 0.533. The lowest BCUT2D eigenvalue weighted by molar-refractivity contribution is -0.384. The Bertz CT molecular complexity index is 515. The highest BCUT2D eigenvalue weighted by Gasteiger charge is 2.14. The minimum absolute atomic E-state index is 0.0247. The van der Waals surface area contributed by atoms with E-state index in [2.05, 4.69) is 16.0 Å². The Labute approximate surface area is 129 Å². The number of amides is 1. The molecule has 22 heavy (non-hydrogen) atoms. The van der Waals surface area contributed by atoms with Crippen LogP contribution in [0.25, 0.3) is 0 Å². The van der Waals surface area contributed by atoms with Crippen molar-refractivity contribution in [2.24, 2.45) is 5.92 Å². The summed E-state index contributed by atoms with van der Waals surface area (Å²) < 4.78 is 0. The number of hydrogen-bond donors (Lipinski definition) is 3. The normalized spacial score (nSPS) is 17.2. The topological polar surface area (TPSA) is 96.3 Å². The molecule has 0 saturated carbocycles. The average molecular weight is 306 g/mol. The van der Waals surface area contributed by atoms with Crippen LogP contribution in [0.2, 0.25) is 0 Å². The van der Waals surface area contributed by atoms with E-state index in [4.69, 9.17) is 0 Å². The molecule has 1 saturated heterocycles. The third-order valence-corrected chi connectivity index (χ3v) is 3.81. The monoisotopic (exact) mass is 306 g/mol. The minimum atomic E-state index is -0.432. The molecule has 1 atom stereocenters. The van der Waals surface area contributed by atoms with Gasteiger partial charge >= 0.3 is 0 Å². The molecular formula is C15H22N4O3. The van der Waals surface area contributed by atoms with Gasteiger partial charge in [0.25, 0.3) is 5.69 Å². The Balaban J connectivity index is 1.65. The molecule has 1 aromatic rings. The van der Waals surface area contributed by atoms with Crippen molar-refractivity contribution in [1.29, 1.82) is 0 Å². The number of carbonyl (C=O) groups is 1. The Hall–Kier alpha value is -2.15. The Kier molecular flexibility index (Phi) is 6.14. The first-order valence-corrected chi connectivity index (χ1v) is 7.61. The van der Waals surface area contributed by atoms with Crippen molar-refractivity contribution in [1.82, 2.24) is 10.6 Å². The SMILES string of the molecule is O=C(CCNc1ccccc1[N+](=O)[O-])NCCC1CCNC1. The molecule has 0 aliphatic carbocycles. The lowest BCUT2D eigenvalue weighted by Gasteiger charge is -2.10. The Morgan fingerprint density at radius 2 is 2.18 bits per heavy atom. The van der Waals surface area contributed by atoms with Gasteiger partial charge in [-0.15, -0.1) is 0 Å². The van der Waals surface area contributed by atoms with E-state index in [0.29, 0.717) is 31.1 Å². The standard InChI is InChI=1S/C15H22N4O3/c20-15(18-9-6-12-5-8-16-11-12)7-10-17-13-3-1-2-4-14(13)19(21)22/h1-4,12,16-17H,5-11H2,(H,18,20). The summed E-state index contributed by atoms with van der Waals surface area (Å²) in [7, 11) is 0. The van der Waals surface area contributed by atoms with Gasteiger partial charge in [-0.2, -0.15) is 0 Å². The van der Waals surface area contributed by atoms with Crippen molar-refractivity contribution < 1.29 is 9.72 Å². The number of nitro benzene ring substituents is 1. The van der Waals surface area contributed by atoms with Crippen LogP contribution in [-0.4, -0.2) is 37.0 Å². The minimum Gasteiger partial charge on any atom is -0.379 e. The molecule has 1 heterocycles. The molecule has 1 aromatic carbocycles. The smallest absolute Gasteiger partial charge is 0.292 e. The average Bonchev–Trinajstić information content (AvgIpc) is 3.01. The summed E-state index contributed by atoms with van der Waals surface area (Å²) in [5.74, 6) is 0.627. The number of benzene rings is 1. The van der Waals surface area contributed by atoms with E-state index in [9.17, 15) is 14.9 Å². The highest BCUT2D eigenvalue weighted by atomic mass is 16.6. The van der Waals surface area contributed by atoms with Crippen molar-refractivity contribution in [2.75, 3.05) is 31.5 Å². The number of para-hydroxylation sites is 2. The number of anilines is 1. The first-order valence-electron chi connectivity index (χ1n) is 7.61. The quantitative estimate of drug-likeness (QED) is 0.500. The molecule has 0 bridgehead atoms. The number of nitrogens with one attached hydrogen (secondary N) is 3. The molecule has 0 spiro atoms. The molecule has 1 aliphatic rings. The second kappa shape index (κ2) is 8.33. The molecule has 1 unspecified atom stereocenters. The molecule has 7 nitrogen and oxygen atoms in total. The molecule has 3 N–H and O–H groups in total. The van der Waals surface area contributed by atoms with Crippen molar-refractivity contribution in [2.45, 2.75) is 19.3 Å². The van der Waals surface area contributed by atoms with Gasteiger partial charge < -0.3 is 16.0 Å². The van der Waals surface area contributed by atoms with E-state index in [1.807, 2.05) is 0 Å². The molecule has 1 amide bonds. The molecule has 1 fully saturated rings. The maximum Gasteiger partial charge on any atom is 0.292 e. The Morgan fingerprint density at radius 3 is 2.91 bits per heavy atom. The fourth-order valence-electron chi connectivity index (χ4n) is 2.56. The molecular weight excluding hydrogens is 284 g/mol. The van der Waals surface area contributed by atoms with Crippen molar-refractivity contribution >= 4 is 17.3 Å². The van der Waals surface area contributed by atoms with E-state index >= 15 is 0 Å². The number of carbonyl (C=O) groups excluding carboxylic acids is 1. The van der Waals surface area contributed by atoms with Crippen LogP contribution in [0.3, 0.4) is 0 Å². The summed E-state index contributed by atoms with van der Waals surface area (Å²) >= 11 is 0. The summed E-state index contributed by atoms with van der Waals surface area (Å²) in [6, 6.07) is 6.43.